The fraction of sp³-hybridized carbons (Fsp3) is 0.375. The molecule has 0 saturated carbocycles. The Hall–Kier alpha value is -2.09. The molecular formula is C16H19F3N4S. The van der Waals surface area contributed by atoms with Gasteiger partial charge in [-0.2, -0.15) is 18.3 Å². The van der Waals surface area contributed by atoms with Gasteiger partial charge in [-0.3, -0.25) is 4.68 Å². The number of rotatable bonds is 5. The Kier molecular flexibility index (Phi) is 5.82. The van der Waals surface area contributed by atoms with Crippen molar-refractivity contribution in [3.63, 3.8) is 0 Å². The minimum absolute atomic E-state index is 0.247. The third kappa shape index (κ3) is 5.23. The third-order valence-corrected chi connectivity index (χ3v) is 3.70. The van der Waals surface area contributed by atoms with Gasteiger partial charge in [-0.25, -0.2) is 0 Å². The molecule has 1 unspecified atom stereocenters. The fourth-order valence-corrected chi connectivity index (χ4v) is 2.36. The quantitative estimate of drug-likeness (QED) is 0.794. The maximum absolute atomic E-state index is 12.7. The molecule has 0 spiro atoms. The highest BCUT2D eigenvalue weighted by molar-refractivity contribution is 7.80. The van der Waals surface area contributed by atoms with Crippen molar-refractivity contribution in [2.45, 2.75) is 39.0 Å². The molecule has 1 aromatic heterocycles. The van der Waals surface area contributed by atoms with E-state index >= 15 is 0 Å². The van der Waals surface area contributed by atoms with Crippen LogP contribution in [0.3, 0.4) is 0 Å². The van der Waals surface area contributed by atoms with Gasteiger partial charge in [0.15, 0.2) is 5.11 Å². The number of alkyl halides is 3. The van der Waals surface area contributed by atoms with Gasteiger partial charge < -0.3 is 10.6 Å². The van der Waals surface area contributed by atoms with Crippen molar-refractivity contribution in [1.82, 2.24) is 15.1 Å². The third-order valence-electron chi connectivity index (χ3n) is 3.48. The minimum atomic E-state index is -4.35. The summed E-state index contributed by atoms with van der Waals surface area (Å²) >= 11 is 5.19. The standard InChI is InChI=1S/C16H19F3N4S/c1-3-11(2)21-15(24)22-14-8-20-23(10-14)9-12-5-4-6-13(7-12)16(17,18)19/h4-8,10-11H,3,9H2,1-2H3,(H2,21,22,24). The zero-order chi connectivity index (χ0) is 17.7. The number of anilines is 1. The average Bonchev–Trinajstić information content (AvgIpc) is 2.93. The first-order valence-electron chi connectivity index (χ1n) is 7.54. The summed E-state index contributed by atoms with van der Waals surface area (Å²) < 4.78 is 39.8. The van der Waals surface area contributed by atoms with Crippen LogP contribution < -0.4 is 10.6 Å². The summed E-state index contributed by atoms with van der Waals surface area (Å²) in [6, 6.07) is 5.47. The lowest BCUT2D eigenvalue weighted by Gasteiger charge is -2.14. The van der Waals surface area contributed by atoms with Crippen LogP contribution in [-0.4, -0.2) is 20.9 Å². The lowest BCUT2D eigenvalue weighted by molar-refractivity contribution is -0.137. The maximum Gasteiger partial charge on any atom is 0.416 e. The number of nitrogens with zero attached hydrogens (tertiary/aromatic N) is 2. The van der Waals surface area contributed by atoms with E-state index in [4.69, 9.17) is 12.2 Å². The molecule has 8 heteroatoms. The molecule has 0 aliphatic carbocycles. The number of halogens is 3. The normalized spacial score (nSPS) is 12.7. The van der Waals surface area contributed by atoms with Gasteiger partial charge in [0.25, 0.3) is 0 Å². The van der Waals surface area contributed by atoms with E-state index in [2.05, 4.69) is 15.7 Å². The second kappa shape index (κ2) is 7.65. The van der Waals surface area contributed by atoms with Crippen LogP contribution in [0, 0.1) is 0 Å². The van der Waals surface area contributed by atoms with E-state index in [-0.39, 0.29) is 12.6 Å². The molecule has 0 radical (unpaired) electrons. The van der Waals surface area contributed by atoms with Crippen LogP contribution in [0.25, 0.3) is 0 Å². The second-order valence-corrected chi connectivity index (χ2v) is 5.94. The van der Waals surface area contributed by atoms with Gasteiger partial charge in [0.1, 0.15) is 0 Å². The van der Waals surface area contributed by atoms with Gasteiger partial charge in [-0.15, -0.1) is 0 Å². The van der Waals surface area contributed by atoms with Crippen molar-refractivity contribution in [3.8, 4) is 0 Å². The summed E-state index contributed by atoms with van der Waals surface area (Å²) in [5.41, 5.74) is 0.548. The lowest BCUT2D eigenvalue weighted by atomic mass is 10.1. The second-order valence-electron chi connectivity index (χ2n) is 5.53. The first-order valence-corrected chi connectivity index (χ1v) is 7.95. The largest absolute Gasteiger partial charge is 0.416 e. The summed E-state index contributed by atoms with van der Waals surface area (Å²) in [4.78, 5) is 0. The summed E-state index contributed by atoms with van der Waals surface area (Å²) in [5, 5.41) is 10.8. The number of hydrogen-bond donors (Lipinski definition) is 2. The van der Waals surface area contributed by atoms with Gasteiger partial charge in [0.05, 0.1) is 24.0 Å². The average molecular weight is 356 g/mol. The zero-order valence-corrected chi connectivity index (χ0v) is 14.2. The van der Waals surface area contributed by atoms with Gasteiger partial charge in [0, 0.05) is 12.2 Å². The Morgan fingerprint density at radius 1 is 1.38 bits per heavy atom. The molecule has 130 valence electrons. The molecule has 2 aromatic rings. The van der Waals surface area contributed by atoms with Crippen molar-refractivity contribution in [1.29, 1.82) is 0 Å². The van der Waals surface area contributed by atoms with Crippen molar-refractivity contribution >= 4 is 23.0 Å². The number of thiocarbonyl (C=S) groups is 1. The molecule has 1 heterocycles. The van der Waals surface area contributed by atoms with Crippen molar-refractivity contribution < 1.29 is 13.2 Å². The van der Waals surface area contributed by atoms with Crippen LogP contribution in [0.5, 0.6) is 0 Å². The van der Waals surface area contributed by atoms with E-state index in [0.717, 1.165) is 18.6 Å². The van der Waals surface area contributed by atoms with E-state index in [9.17, 15) is 13.2 Å². The zero-order valence-electron chi connectivity index (χ0n) is 13.4. The van der Waals surface area contributed by atoms with Crippen LogP contribution in [0.15, 0.2) is 36.7 Å². The highest BCUT2D eigenvalue weighted by atomic mass is 32.1. The first kappa shape index (κ1) is 18.3. The van der Waals surface area contributed by atoms with E-state index in [1.807, 2.05) is 13.8 Å². The van der Waals surface area contributed by atoms with Gasteiger partial charge in [0.2, 0.25) is 0 Å². The Bertz CT molecular complexity index is 697. The summed E-state index contributed by atoms with van der Waals surface area (Å²) in [5.74, 6) is 0. The van der Waals surface area contributed by atoms with Crippen LogP contribution in [0.1, 0.15) is 31.4 Å². The van der Waals surface area contributed by atoms with Crippen molar-refractivity contribution in [3.05, 3.63) is 47.8 Å². The molecule has 0 aliphatic heterocycles. The molecule has 1 aromatic carbocycles. The summed E-state index contributed by atoms with van der Waals surface area (Å²) in [6.45, 7) is 4.32. The molecule has 24 heavy (non-hydrogen) atoms. The van der Waals surface area contributed by atoms with E-state index in [1.54, 1.807) is 23.1 Å². The highest BCUT2D eigenvalue weighted by Gasteiger charge is 2.30. The molecule has 2 rings (SSSR count). The predicted octanol–water partition coefficient (Wildman–Crippen LogP) is 4.04. The van der Waals surface area contributed by atoms with Crippen LogP contribution >= 0.6 is 12.2 Å². The maximum atomic E-state index is 12.7. The number of aromatic nitrogens is 2. The topological polar surface area (TPSA) is 41.9 Å². The molecule has 1 atom stereocenters. The van der Waals surface area contributed by atoms with Gasteiger partial charge >= 0.3 is 6.18 Å². The fourth-order valence-electron chi connectivity index (χ4n) is 2.04. The van der Waals surface area contributed by atoms with Crippen LogP contribution in [0.2, 0.25) is 0 Å². The minimum Gasteiger partial charge on any atom is -0.360 e. The Morgan fingerprint density at radius 2 is 2.12 bits per heavy atom. The van der Waals surface area contributed by atoms with Crippen LogP contribution in [0.4, 0.5) is 18.9 Å². The summed E-state index contributed by atoms with van der Waals surface area (Å²) in [6.07, 6.45) is -0.125. The number of nitrogens with one attached hydrogen (secondary N) is 2. The van der Waals surface area contributed by atoms with E-state index in [1.165, 1.54) is 6.07 Å². The first-order chi connectivity index (χ1) is 11.3. The Balaban J connectivity index is 2.00. The Labute approximate surface area is 144 Å². The molecule has 4 nitrogen and oxygen atoms in total. The lowest BCUT2D eigenvalue weighted by Crippen LogP contribution is -2.35. The van der Waals surface area contributed by atoms with E-state index in [0.29, 0.717) is 16.4 Å². The molecular weight excluding hydrogens is 337 g/mol. The smallest absolute Gasteiger partial charge is 0.360 e. The number of benzene rings is 1. The van der Waals surface area contributed by atoms with Crippen molar-refractivity contribution in [2.75, 3.05) is 5.32 Å². The monoisotopic (exact) mass is 356 g/mol. The molecule has 0 amide bonds. The van der Waals surface area contributed by atoms with Crippen LogP contribution in [-0.2, 0) is 12.7 Å². The molecule has 2 N–H and O–H groups in total. The van der Waals surface area contributed by atoms with Crippen molar-refractivity contribution in [2.24, 2.45) is 0 Å². The Morgan fingerprint density at radius 3 is 2.79 bits per heavy atom. The predicted molar refractivity (Wildman–Crippen MR) is 91.9 cm³/mol. The highest BCUT2D eigenvalue weighted by Crippen LogP contribution is 2.29. The molecule has 0 fully saturated rings. The van der Waals surface area contributed by atoms with Gasteiger partial charge in [-0.1, -0.05) is 19.1 Å². The summed E-state index contributed by atoms with van der Waals surface area (Å²) in [7, 11) is 0. The number of hydrogen-bond acceptors (Lipinski definition) is 2. The molecule has 0 saturated heterocycles. The molecule has 0 aliphatic rings. The van der Waals surface area contributed by atoms with Gasteiger partial charge in [-0.05, 0) is 43.3 Å². The molecule has 0 bridgehead atoms. The SMILES string of the molecule is CCC(C)NC(=S)Nc1cnn(Cc2cccc(C(F)(F)F)c2)c1. The van der Waals surface area contributed by atoms with E-state index < -0.39 is 11.7 Å².